The molecule has 37 heavy (non-hydrogen) atoms. The van der Waals surface area contributed by atoms with Crippen LogP contribution in [0.25, 0.3) is 11.1 Å². The van der Waals surface area contributed by atoms with Crippen LogP contribution in [0.1, 0.15) is 42.7 Å². The molecule has 11 heteroatoms. The van der Waals surface area contributed by atoms with E-state index in [1.807, 2.05) is 10.9 Å². The number of aromatic nitrogens is 4. The number of nitrogens with zero attached hydrogens (tertiary/aromatic N) is 5. The van der Waals surface area contributed by atoms with Crippen molar-refractivity contribution in [2.75, 3.05) is 0 Å². The summed E-state index contributed by atoms with van der Waals surface area (Å²) >= 11 is 3.24. The van der Waals surface area contributed by atoms with Crippen LogP contribution in [0.15, 0.2) is 59.6 Å². The summed E-state index contributed by atoms with van der Waals surface area (Å²) in [4.78, 5) is 18.9. The fourth-order valence-electron chi connectivity index (χ4n) is 4.20. The van der Waals surface area contributed by atoms with E-state index >= 15 is 0 Å². The molecule has 1 aliphatic carbocycles. The Morgan fingerprint density at radius 2 is 1.95 bits per heavy atom. The molecular weight excluding hydrogens is 548 g/mol. The van der Waals surface area contributed by atoms with Crippen molar-refractivity contribution in [3.8, 4) is 16.9 Å². The molecule has 0 amide bonds. The Kier molecular flexibility index (Phi) is 6.96. The van der Waals surface area contributed by atoms with Gasteiger partial charge in [-0.3, -0.25) is 9.67 Å². The summed E-state index contributed by atoms with van der Waals surface area (Å²) in [5, 5.41) is 15.9. The van der Waals surface area contributed by atoms with E-state index in [1.165, 1.54) is 49.4 Å². The Morgan fingerprint density at radius 1 is 1.14 bits per heavy atom. The zero-order chi connectivity index (χ0) is 26.1. The maximum Gasteiger partial charge on any atom is 0.406 e. The molecule has 8 nitrogen and oxygen atoms in total. The number of hydrogen-bond donors (Lipinski definition) is 0. The molecule has 1 atom stereocenters. The minimum atomic E-state index is -0.835. The molecule has 4 aromatic rings. The first-order valence-corrected chi connectivity index (χ1v) is 12.5. The zero-order valence-electron chi connectivity index (χ0n) is 19.8. The lowest BCUT2D eigenvalue weighted by molar-refractivity contribution is -0.390. The lowest BCUT2D eigenvalue weighted by atomic mass is 9.93. The largest absolute Gasteiger partial charge is 0.478 e. The molecule has 0 N–H and O–H groups in total. The van der Waals surface area contributed by atoms with Crippen LogP contribution >= 0.6 is 15.9 Å². The minimum Gasteiger partial charge on any atom is -0.478 e. The lowest BCUT2D eigenvalue weighted by Crippen LogP contribution is -2.09. The monoisotopic (exact) mass is 569 g/mol. The summed E-state index contributed by atoms with van der Waals surface area (Å²) in [5.41, 5.74) is 2.87. The van der Waals surface area contributed by atoms with Gasteiger partial charge in [-0.25, -0.2) is 8.78 Å². The second kappa shape index (κ2) is 10.3. The maximum absolute atomic E-state index is 14.4. The van der Waals surface area contributed by atoms with Gasteiger partial charge < -0.3 is 14.9 Å². The topological polar surface area (TPSA) is 96.0 Å². The first kappa shape index (κ1) is 24.9. The Balaban J connectivity index is 1.50. The van der Waals surface area contributed by atoms with Crippen molar-refractivity contribution in [3.63, 3.8) is 0 Å². The van der Waals surface area contributed by atoms with Crippen molar-refractivity contribution in [2.24, 2.45) is 5.92 Å². The fraction of sp³-hybridized carbons (Fsp3) is 0.269. The number of hydrogen-bond acceptors (Lipinski definition) is 6. The predicted molar refractivity (Wildman–Crippen MR) is 135 cm³/mol. The van der Waals surface area contributed by atoms with Crippen LogP contribution in [0.5, 0.6) is 5.75 Å². The van der Waals surface area contributed by atoms with Gasteiger partial charge in [0.2, 0.25) is 5.75 Å². The number of halogens is 3. The molecule has 0 unspecified atom stereocenters. The summed E-state index contributed by atoms with van der Waals surface area (Å²) in [6.07, 6.45) is 8.16. The van der Waals surface area contributed by atoms with Crippen molar-refractivity contribution >= 4 is 21.7 Å². The smallest absolute Gasteiger partial charge is 0.406 e. The van der Waals surface area contributed by atoms with E-state index < -0.39 is 28.5 Å². The van der Waals surface area contributed by atoms with Crippen molar-refractivity contribution in [1.82, 2.24) is 19.7 Å². The quantitative estimate of drug-likeness (QED) is 0.170. The number of benzene rings is 1. The average Bonchev–Trinajstić information content (AvgIpc) is 3.56. The van der Waals surface area contributed by atoms with Gasteiger partial charge in [0.05, 0.1) is 22.6 Å². The zero-order valence-corrected chi connectivity index (χ0v) is 21.4. The fourth-order valence-corrected chi connectivity index (χ4v) is 4.51. The van der Waals surface area contributed by atoms with Crippen LogP contribution in [-0.4, -0.2) is 24.7 Å². The minimum absolute atomic E-state index is 0.0808. The normalized spacial score (nSPS) is 13.9. The Bertz CT molecular complexity index is 1470. The van der Waals surface area contributed by atoms with Gasteiger partial charge in [0.25, 0.3) is 0 Å². The standard InChI is InChI=1S/C26H22BrF2N5O3/c1-15(37-25-7-18(27)11-31-26(25)34(35)36)22-8-19(28)4-5-21(22)23-9-20(29)12-30-24(23)6-17-10-32-33(14-17)13-16-2-3-16/h4-5,7-12,14-16H,2-3,6,13H2,1H3/t15-/m1/s1. The Morgan fingerprint density at radius 3 is 2.70 bits per heavy atom. The van der Waals surface area contributed by atoms with Crippen molar-refractivity contribution in [2.45, 2.75) is 38.8 Å². The van der Waals surface area contributed by atoms with Gasteiger partial charge in [0.1, 0.15) is 17.7 Å². The summed E-state index contributed by atoms with van der Waals surface area (Å²) in [7, 11) is 0. The van der Waals surface area contributed by atoms with Crippen LogP contribution in [0, 0.1) is 27.7 Å². The average molecular weight is 570 g/mol. The third-order valence-electron chi connectivity index (χ3n) is 6.16. The first-order chi connectivity index (χ1) is 17.8. The summed E-state index contributed by atoms with van der Waals surface area (Å²) in [5.74, 6) is -0.943. The number of ether oxygens (including phenoxy) is 1. The van der Waals surface area contributed by atoms with E-state index in [2.05, 4.69) is 31.0 Å². The van der Waals surface area contributed by atoms with Crippen LogP contribution in [-0.2, 0) is 13.0 Å². The molecule has 0 bridgehead atoms. The molecule has 0 radical (unpaired) electrons. The highest BCUT2D eigenvalue weighted by Gasteiger charge is 2.24. The van der Waals surface area contributed by atoms with E-state index in [0.29, 0.717) is 39.2 Å². The molecule has 0 saturated heterocycles. The molecule has 190 valence electrons. The molecular formula is C26H22BrF2N5O3. The van der Waals surface area contributed by atoms with Gasteiger partial charge in [-0.1, -0.05) is 6.07 Å². The third kappa shape index (κ3) is 5.82. The van der Waals surface area contributed by atoms with E-state index in [1.54, 1.807) is 13.1 Å². The Hall–Kier alpha value is -3.73. The molecule has 5 rings (SSSR count). The van der Waals surface area contributed by atoms with E-state index in [9.17, 15) is 18.9 Å². The van der Waals surface area contributed by atoms with Crippen molar-refractivity contribution in [3.05, 3.63) is 98.2 Å². The summed E-state index contributed by atoms with van der Waals surface area (Å²) < 4.78 is 37.1. The molecule has 0 aliphatic heterocycles. The summed E-state index contributed by atoms with van der Waals surface area (Å²) in [6, 6.07) is 6.86. The van der Waals surface area contributed by atoms with E-state index in [0.717, 1.165) is 18.3 Å². The molecule has 1 fully saturated rings. The van der Waals surface area contributed by atoms with Gasteiger partial charge in [-0.15, -0.1) is 0 Å². The highest BCUT2D eigenvalue weighted by Crippen LogP contribution is 2.37. The lowest BCUT2D eigenvalue weighted by Gasteiger charge is -2.20. The van der Waals surface area contributed by atoms with Crippen LogP contribution < -0.4 is 4.74 Å². The SMILES string of the molecule is C[C@@H](Oc1cc(Br)cnc1[N+](=O)[O-])c1cc(F)ccc1-c1cc(F)cnc1Cc1cnn(CC2CC2)c1. The van der Waals surface area contributed by atoms with Crippen molar-refractivity contribution < 1.29 is 18.4 Å². The van der Waals surface area contributed by atoms with Gasteiger partial charge in [0, 0.05) is 36.4 Å². The van der Waals surface area contributed by atoms with Crippen LogP contribution in [0.2, 0.25) is 0 Å². The predicted octanol–water partition coefficient (Wildman–Crippen LogP) is 6.43. The second-order valence-corrected chi connectivity index (χ2v) is 9.98. The molecule has 1 aliphatic rings. The van der Waals surface area contributed by atoms with Gasteiger partial charge in [0.15, 0.2) is 6.20 Å². The van der Waals surface area contributed by atoms with E-state index in [-0.39, 0.29) is 5.75 Å². The van der Waals surface area contributed by atoms with Crippen LogP contribution in [0.3, 0.4) is 0 Å². The number of rotatable bonds is 9. The van der Waals surface area contributed by atoms with Gasteiger partial charge in [-0.05, 0) is 80.8 Å². The molecule has 3 heterocycles. The van der Waals surface area contributed by atoms with Crippen molar-refractivity contribution in [1.29, 1.82) is 0 Å². The Labute approximate surface area is 219 Å². The molecule has 3 aromatic heterocycles. The van der Waals surface area contributed by atoms with Gasteiger partial charge >= 0.3 is 5.82 Å². The highest BCUT2D eigenvalue weighted by molar-refractivity contribution is 9.10. The highest BCUT2D eigenvalue weighted by atomic mass is 79.9. The molecule has 1 saturated carbocycles. The summed E-state index contributed by atoms with van der Waals surface area (Å²) in [6.45, 7) is 2.51. The molecule has 1 aromatic carbocycles. The van der Waals surface area contributed by atoms with Crippen LogP contribution in [0.4, 0.5) is 14.6 Å². The molecule has 0 spiro atoms. The number of pyridine rings is 2. The second-order valence-electron chi connectivity index (χ2n) is 9.06. The van der Waals surface area contributed by atoms with Gasteiger partial charge in [-0.2, -0.15) is 5.10 Å². The first-order valence-electron chi connectivity index (χ1n) is 11.7. The maximum atomic E-state index is 14.4. The van der Waals surface area contributed by atoms with E-state index in [4.69, 9.17) is 4.74 Å². The number of nitro groups is 1. The third-order valence-corrected chi connectivity index (χ3v) is 6.59.